The highest BCUT2D eigenvalue weighted by atomic mass is 79.9. The summed E-state index contributed by atoms with van der Waals surface area (Å²) in [5.41, 5.74) is 6.58. The van der Waals surface area contributed by atoms with E-state index in [0.29, 0.717) is 15.7 Å². The number of nitrogens with one attached hydrogen (secondary N) is 1. The monoisotopic (exact) mass is 369 g/mol. The maximum atomic E-state index is 12.1. The Hall–Kier alpha value is -2.12. The molecule has 0 heterocycles. The molecule has 0 aliphatic carbocycles. The molecule has 108 valence electrons. The molecule has 0 radical (unpaired) electrons. The number of halogens is 2. The molecule has 0 aliphatic rings. The first-order valence-corrected chi connectivity index (χ1v) is 6.85. The average Bonchev–Trinajstić information content (AvgIpc) is 2.39. The molecule has 21 heavy (non-hydrogen) atoms. The number of hydrogen-bond acceptors (Lipinski definition) is 4. The van der Waals surface area contributed by atoms with E-state index in [9.17, 15) is 14.9 Å². The quantitative estimate of drug-likeness (QED) is 0.487. The minimum atomic E-state index is -0.563. The lowest BCUT2D eigenvalue weighted by Crippen LogP contribution is -2.12. The molecule has 0 fully saturated rings. The van der Waals surface area contributed by atoms with Crippen molar-refractivity contribution in [3.8, 4) is 0 Å². The van der Waals surface area contributed by atoms with Crippen molar-refractivity contribution >= 4 is 50.5 Å². The second-order valence-corrected chi connectivity index (χ2v) is 5.47. The van der Waals surface area contributed by atoms with Crippen molar-refractivity contribution in [3.05, 3.63) is 61.6 Å². The van der Waals surface area contributed by atoms with Crippen LogP contribution in [0.3, 0.4) is 0 Å². The molecule has 0 saturated heterocycles. The van der Waals surface area contributed by atoms with Gasteiger partial charge in [-0.15, -0.1) is 0 Å². The lowest BCUT2D eigenvalue weighted by atomic mass is 10.2. The van der Waals surface area contributed by atoms with E-state index in [0.717, 1.165) is 0 Å². The van der Waals surface area contributed by atoms with Crippen molar-refractivity contribution in [1.29, 1.82) is 0 Å². The molecule has 2 aromatic rings. The maximum absolute atomic E-state index is 12.1. The Kier molecular flexibility index (Phi) is 4.44. The molecule has 6 nitrogen and oxygen atoms in total. The Balaban J connectivity index is 2.25. The first-order valence-electron chi connectivity index (χ1n) is 5.68. The predicted octanol–water partition coefficient (Wildman–Crippen LogP) is 3.85. The number of anilines is 2. The number of amides is 1. The summed E-state index contributed by atoms with van der Waals surface area (Å²) in [5.74, 6) is -0.418. The molecular formula is C13H9BrClN3O3. The van der Waals surface area contributed by atoms with Crippen molar-refractivity contribution in [3.63, 3.8) is 0 Å². The Morgan fingerprint density at radius 2 is 2.00 bits per heavy atom. The fourth-order valence-corrected chi connectivity index (χ4v) is 2.39. The van der Waals surface area contributed by atoms with E-state index in [4.69, 9.17) is 17.3 Å². The van der Waals surface area contributed by atoms with Crippen LogP contribution in [0.5, 0.6) is 0 Å². The summed E-state index contributed by atoms with van der Waals surface area (Å²) in [4.78, 5) is 22.2. The normalized spacial score (nSPS) is 10.2. The average molecular weight is 371 g/mol. The molecule has 2 aromatic carbocycles. The fraction of sp³-hybridized carbons (Fsp3) is 0. The number of nitro benzene ring substituents is 1. The minimum Gasteiger partial charge on any atom is -0.399 e. The van der Waals surface area contributed by atoms with Crippen LogP contribution in [-0.4, -0.2) is 10.8 Å². The van der Waals surface area contributed by atoms with Gasteiger partial charge in [0.15, 0.2) is 0 Å². The Morgan fingerprint density at radius 3 is 2.57 bits per heavy atom. The van der Waals surface area contributed by atoms with Crippen LogP contribution in [-0.2, 0) is 0 Å². The first kappa shape index (κ1) is 15.3. The Morgan fingerprint density at radius 1 is 1.29 bits per heavy atom. The lowest BCUT2D eigenvalue weighted by molar-refractivity contribution is -0.384. The number of carbonyl (C=O) groups is 1. The van der Waals surface area contributed by atoms with Crippen LogP contribution < -0.4 is 11.1 Å². The molecular weight excluding hydrogens is 362 g/mol. The molecule has 2 rings (SSSR count). The summed E-state index contributed by atoms with van der Waals surface area (Å²) >= 11 is 9.16. The molecule has 0 saturated carbocycles. The number of rotatable bonds is 3. The summed E-state index contributed by atoms with van der Waals surface area (Å²) in [7, 11) is 0. The third-order valence-electron chi connectivity index (χ3n) is 2.59. The van der Waals surface area contributed by atoms with Crippen molar-refractivity contribution in [2.75, 3.05) is 11.1 Å². The van der Waals surface area contributed by atoms with E-state index < -0.39 is 10.8 Å². The van der Waals surface area contributed by atoms with Crippen molar-refractivity contribution < 1.29 is 9.72 Å². The largest absolute Gasteiger partial charge is 0.399 e. The van der Waals surface area contributed by atoms with E-state index in [1.165, 1.54) is 24.3 Å². The van der Waals surface area contributed by atoms with Gasteiger partial charge in [-0.25, -0.2) is 0 Å². The number of nitrogens with zero attached hydrogens (tertiary/aromatic N) is 1. The van der Waals surface area contributed by atoms with Gasteiger partial charge in [0.05, 0.1) is 15.6 Å². The third kappa shape index (κ3) is 3.71. The van der Waals surface area contributed by atoms with Crippen LogP contribution in [0.2, 0.25) is 5.02 Å². The Bertz CT molecular complexity index is 716. The highest BCUT2D eigenvalue weighted by molar-refractivity contribution is 9.10. The van der Waals surface area contributed by atoms with E-state index >= 15 is 0 Å². The van der Waals surface area contributed by atoms with E-state index in [1.807, 2.05) is 0 Å². The van der Waals surface area contributed by atoms with Crippen molar-refractivity contribution in [2.24, 2.45) is 0 Å². The smallest absolute Gasteiger partial charge is 0.271 e. The van der Waals surface area contributed by atoms with Crippen LogP contribution in [0.25, 0.3) is 0 Å². The van der Waals surface area contributed by atoms with Gasteiger partial charge in [0.25, 0.3) is 11.6 Å². The first-order chi connectivity index (χ1) is 9.86. The van der Waals surface area contributed by atoms with Crippen LogP contribution in [0, 0.1) is 10.1 Å². The van der Waals surface area contributed by atoms with Gasteiger partial charge in [-0.1, -0.05) is 27.5 Å². The lowest BCUT2D eigenvalue weighted by Gasteiger charge is -2.08. The summed E-state index contributed by atoms with van der Waals surface area (Å²) in [6.45, 7) is 0. The molecule has 0 atom stereocenters. The van der Waals surface area contributed by atoms with Crippen LogP contribution >= 0.6 is 27.5 Å². The summed E-state index contributed by atoms with van der Waals surface area (Å²) < 4.78 is 0.669. The summed E-state index contributed by atoms with van der Waals surface area (Å²) in [5, 5.41) is 13.3. The maximum Gasteiger partial charge on any atom is 0.271 e. The second kappa shape index (κ2) is 6.11. The molecule has 8 heteroatoms. The number of non-ortho nitro benzene ring substituents is 1. The number of carbonyl (C=O) groups excluding carboxylic acids is 1. The zero-order valence-corrected chi connectivity index (χ0v) is 12.8. The topological polar surface area (TPSA) is 98.3 Å². The fourth-order valence-electron chi connectivity index (χ4n) is 1.66. The number of nitro groups is 1. The molecule has 3 N–H and O–H groups in total. The third-order valence-corrected chi connectivity index (χ3v) is 3.36. The summed E-state index contributed by atoms with van der Waals surface area (Å²) in [6.07, 6.45) is 0. The number of nitrogen functional groups attached to an aromatic ring is 1. The van der Waals surface area contributed by atoms with Gasteiger partial charge in [0.1, 0.15) is 0 Å². The van der Waals surface area contributed by atoms with E-state index in [-0.39, 0.29) is 16.4 Å². The van der Waals surface area contributed by atoms with Crippen LogP contribution in [0.1, 0.15) is 10.4 Å². The number of hydrogen-bond donors (Lipinski definition) is 2. The van der Waals surface area contributed by atoms with Gasteiger partial charge < -0.3 is 11.1 Å². The van der Waals surface area contributed by atoms with Gasteiger partial charge in [-0.3, -0.25) is 14.9 Å². The summed E-state index contributed by atoms with van der Waals surface area (Å²) in [6, 6.07) is 8.59. The Labute approximate surface area is 133 Å². The highest BCUT2D eigenvalue weighted by Gasteiger charge is 2.13. The van der Waals surface area contributed by atoms with E-state index in [2.05, 4.69) is 21.2 Å². The van der Waals surface area contributed by atoms with Crippen LogP contribution in [0.15, 0.2) is 40.9 Å². The zero-order chi connectivity index (χ0) is 15.6. The second-order valence-electron chi connectivity index (χ2n) is 4.15. The zero-order valence-electron chi connectivity index (χ0n) is 10.5. The molecule has 0 spiro atoms. The van der Waals surface area contributed by atoms with Gasteiger partial charge in [0.2, 0.25) is 0 Å². The van der Waals surface area contributed by atoms with Crippen molar-refractivity contribution in [1.82, 2.24) is 0 Å². The standard InChI is InChI=1S/C13H9BrClN3O3/c14-8-3-7(4-9(16)5-8)13(19)17-12-2-1-10(18(20)21)6-11(12)15/h1-6H,16H2,(H,17,19). The predicted molar refractivity (Wildman–Crippen MR) is 84.6 cm³/mol. The van der Waals surface area contributed by atoms with Gasteiger partial charge in [-0.05, 0) is 24.3 Å². The van der Waals surface area contributed by atoms with Gasteiger partial charge >= 0.3 is 0 Å². The van der Waals surface area contributed by atoms with Gasteiger partial charge in [-0.2, -0.15) is 0 Å². The van der Waals surface area contributed by atoms with Crippen molar-refractivity contribution in [2.45, 2.75) is 0 Å². The molecule has 0 aliphatic heterocycles. The van der Waals surface area contributed by atoms with Crippen LogP contribution in [0.4, 0.5) is 17.1 Å². The molecule has 0 bridgehead atoms. The van der Waals surface area contributed by atoms with E-state index in [1.54, 1.807) is 12.1 Å². The highest BCUT2D eigenvalue weighted by Crippen LogP contribution is 2.27. The number of benzene rings is 2. The molecule has 0 aromatic heterocycles. The van der Waals surface area contributed by atoms with Gasteiger partial charge in [0, 0.05) is 27.9 Å². The SMILES string of the molecule is Nc1cc(Br)cc(C(=O)Nc2ccc([N+](=O)[O-])cc2Cl)c1. The number of nitrogens with two attached hydrogens (primary N) is 1. The molecule has 1 amide bonds. The molecule has 0 unspecified atom stereocenters. The minimum absolute atomic E-state index is 0.0838.